The predicted octanol–water partition coefficient (Wildman–Crippen LogP) is 6.34. The van der Waals surface area contributed by atoms with Gasteiger partial charge >= 0.3 is 0 Å². The van der Waals surface area contributed by atoms with Crippen LogP contribution in [0.4, 0.5) is 0 Å². The van der Waals surface area contributed by atoms with Crippen molar-refractivity contribution in [1.29, 1.82) is 0 Å². The summed E-state index contributed by atoms with van der Waals surface area (Å²) in [6.07, 6.45) is 0.863. The van der Waals surface area contributed by atoms with Gasteiger partial charge in [0.05, 0.1) is 14.2 Å². The third-order valence-corrected chi connectivity index (χ3v) is 5.17. The van der Waals surface area contributed by atoms with Crippen LogP contribution in [0.2, 0.25) is 10.0 Å². The monoisotopic (exact) mass is 481 g/mol. The molecule has 0 aliphatic rings. The van der Waals surface area contributed by atoms with Crippen molar-refractivity contribution >= 4 is 35.6 Å². The number of methoxy groups -OCH3 is 2. The fourth-order valence-corrected chi connectivity index (χ4v) is 3.38. The van der Waals surface area contributed by atoms with Crippen LogP contribution >= 0.6 is 35.6 Å². The highest BCUT2D eigenvalue weighted by molar-refractivity contribution is 6.30. The van der Waals surface area contributed by atoms with E-state index in [-0.39, 0.29) is 12.4 Å². The molecule has 0 atom stereocenters. The van der Waals surface area contributed by atoms with Crippen LogP contribution < -0.4 is 19.5 Å². The zero-order valence-electron chi connectivity index (χ0n) is 17.5. The molecule has 3 aromatic carbocycles. The van der Waals surface area contributed by atoms with Crippen LogP contribution in [-0.4, -0.2) is 20.8 Å². The van der Waals surface area contributed by atoms with Gasteiger partial charge in [-0.05, 0) is 66.6 Å². The largest absolute Gasteiger partial charge is 0.493 e. The number of hydrogen-bond acceptors (Lipinski definition) is 4. The molecule has 31 heavy (non-hydrogen) atoms. The Morgan fingerprint density at radius 3 is 2.10 bits per heavy atom. The molecule has 0 fully saturated rings. The smallest absolute Gasteiger partial charge is 0.160 e. The molecule has 0 saturated carbocycles. The van der Waals surface area contributed by atoms with Crippen molar-refractivity contribution in [3.05, 3.63) is 87.4 Å². The van der Waals surface area contributed by atoms with E-state index >= 15 is 0 Å². The van der Waals surface area contributed by atoms with Crippen LogP contribution in [0.1, 0.15) is 16.7 Å². The molecular formula is C24H26Cl3NO3. The number of ether oxygens (including phenoxy) is 3. The highest BCUT2D eigenvalue weighted by Crippen LogP contribution is 2.28. The summed E-state index contributed by atoms with van der Waals surface area (Å²) in [6, 6.07) is 19.3. The summed E-state index contributed by atoms with van der Waals surface area (Å²) in [4.78, 5) is 0. The minimum absolute atomic E-state index is 0. The first-order valence-corrected chi connectivity index (χ1v) is 10.4. The van der Waals surface area contributed by atoms with Crippen LogP contribution in [0.5, 0.6) is 17.2 Å². The Kier molecular flexibility index (Phi) is 10.3. The van der Waals surface area contributed by atoms with Gasteiger partial charge in [0.1, 0.15) is 12.4 Å². The van der Waals surface area contributed by atoms with Crippen molar-refractivity contribution in [2.45, 2.75) is 19.6 Å². The average molecular weight is 483 g/mol. The Morgan fingerprint density at radius 1 is 0.742 bits per heavy atom. The summed E-state index contributed by atoms with van der Waals surface area (Å²) in [7, 11) is 3.28. The van der Waals surface area contributed by atoms with Crippen LogP contribution in [0, 0.1) is 0 Å². The first kappa shape index (κ1) is 25.2. The van der Waals surface area contributed by atoms with E-state index in [0.717, 1.165) is 41.3 Å². The Hall–Kier alpha value is -2.11. The summed E-state index contributed by atoms with van der Waals surface area (Å²) >= 11 is 12.1. The summed E-state index contributed by atoms with van der Waals surface area (Å²) in [5.41, 5.74) is 3.25. The van der Waals surface area contributed by atoms with Crippen molar-refractivity contribution < 1.29 is 14.2 Å². The van der Waals surface area contributed by atoms with Gasteiger partial charge in [0.15, 0.2) is 11.5 Å². The van der Waals surface area contributed by atoms with Gasteiger partial charge in [-0.15, -0.1) is 12.4 Å². The van der Waals surface area contributed by atoms with Crippen molar-refractivity contribution in [2.75, 3.05) is 20.8 Å². The van der Waals surface area contributed by atoms with E-state index in [0.29, 0.717) is 23.2 Å². The molecule has 1 N–H and O–H groups in total. The zero-order valence-corrected chi connectivity index (χ0v) is 19.8. The third kappa shape index (κ3) is 7.51. The average Bonchev–Trinajstić information content (AvgIpc) is 2.77. The minimum Gasteiger partial charge on any atom is -0.493 e. The van der Waals surface area contributed by atoms with E-state index in [9.17, 15) is 0 Å². The molecule has 3 rings (SSSR count). The van der Waals surface area contributed by atoms with Crippen LogP contribution in [0.25, 0.3) is 0 Å². The lowest BCUT2D eigenvalue weighted by molar-refractivity contribution is 0.302. The fourth-order valence-electron chi connectivity index (χ4n) is 3.06. The van der Waals surface area contributed by atoms with E-state index < -0.39 is 0 Å². The lowest BCUT2D eigenvalue weighted by Gasteiger charge is -2.13. The number of hydrogen-bond donors (Lipinski definition) is 1. The summed E-state index contributed by atoms with van der Waals surface area (Å²) in [5, 5.41) is 4.86. The molecular weight excluding hydrogens is 457 g/mol. The van der Waals surface area contributed by atoms with Gasteiger partial charge < -0.3 is 19.5 Å². The van der Waals surface area contributed by atoms with Crippen LogP contribution in [0.3, 0.4) is 0 Å². The van der Waals surface area contributed by atoms with Gasteiger partial charge in [-0.1, -0.05) is 41.4 Å². The summed E-state index contributed by atoms with van der Waals surface area (Å²) in [6.45, 7) is 1.93. The van der Waals surface area contributed by atoms with Crippen molar-refractivity contribution in [3.8, 4) is 17.2 Å². The fraction of sp³-hybridized carbons (Fsp3) is 0.250. The zero-order chi connectivity index (χ0) is 21.3. The van der Waals surface area contributed by atoms with Gasteiger partial charge in [0.2, 0.25) is 0 Å². The molecule has 0 saturated heterocycles. The second kappa shape index (κ2) is 12.7. The Morgan fingerprint density at radius 2 is 1.39 bits per heavy atom. The van der Waals surface area contributed by atoms with Crippen LogP contribution in [-0.2, 0) is 19.6 Å². The molecule has 0 aliphatic carbocycles. The van der Waals surface area contributed by atoms with Crippen molar-refractivity contribution in [3.63, 3.8) is 0 Å². The number of nitrogens with one attached hydrogen (secondary N) is 1. The SMILES string of the molecule is COc1ccc(CCNCc2cc(Cl)ccc2OCc2ccc(Cl)cc2)cc1OC.Cl. The molecule has 0 aromatic heterocycles. The second-order valence-electron chi connectivity index (χ2n) is 6.78. The van der Waals surface area contributed by atoms with Gasteiger partial charge in [-0.2, -0.15) is 0 Å². The first-order chi connectivity index (χ1) is 14.6. The highest BCUT2D eigenvalue weighted by Gasteiger charge is 2.07. The Bertz CT molecular complexity index is 965. The molecule has 7 heteroatoms. The molecule has 3 aromatic rings. The maximum atomic E-state index is 6.20. The van der Waals surface area contributed by atoms with E-state index in [2.05, 4.69) is 5.32 Å². The molecule has 0 amide bonds. The van der Waals surface area contributed by atoms with E-state index in [1.807, 2.05) is 60.7 Å². The molecule has 0 heterocycles. The molecule has 0 spiro atoms. The van der Waals surface area contributed by atoms with E-state index in [1.54, 1.807) is 14.2 Å². The standard InChI is InChI=1S/C24H25Cl2NO3.ClH/c1-28-23-9-5-17(13-24(23)29-2)11-12-27-15-19-14-21(26)8-10-22(19)30-16-18-3-6-20(25)7-4-18;/h3-10,13-14,27H,11-12,15-16H2,1-2H3;1H. The quantitative estimate of drug-likeness (QED) is 0.342. The van der Waals surface area contributed by atoms with Gasteiger partial charge in [0.25, 0.3) is 0 Å². The molecule has 4 nitrogen and oxygen atoms in total. The lowest BCUT2D eigenvalue weighted by atomic mass is 10.1. The van der Waals surface area contributed by atoms with E-state index in [1.165, 1.54) is 5.56 Å². The highest BCUT2D eigenvalue weighted by atomic mass is 35.5. The number of rotatable bonds is 10. The third-order valence-electron chi connectivity index (χ3n) is 4.68. The minimum atomic E-state index is 0. The second-order valence-corrected chi connectivity index (χ2v) is 7.66. The van der Waals surface area contributed by atoms with Gasteiger partial charge in [-0.3, -0.25) is 0 Å². The lowest BCUT2D eigenvalue weighted by Crippen LogP contribution is -2.17. The summed E-state index contributed by atoms with van der Waals surface area (Å²) < 4.78 is 16.7. The summed E-state index contributed by atoms with van der Waals surface area (Å²) in [5.74, 6) is 2.28. The molecule has 0 bridgehead atoms. The maximum Gasteiger partial charge on any atom is 0.160 e. The topological polar surface area (TPSA) is 39.7 Å². The van der Waals surface area contributed by atoms with Crippen molar-refractivity contribution in [2.24, 2.45) is 0 Å². The van der Waals surface area contributed by atoms with Crippen molar-refractivity contribution in [1.82, 2.24) is 5.32 Å². The molecule has 0 radical (unpaired) electrons. The van der Waals surface area contributed by atoms with Gasteiger partial charge in [-0.25, -0.2) is 0 Å². The Labute approximate surface area is 199 Å². The number of halogens is 3. The normalized spacial score (nSPS) is 10.3. The molecule has 0 aliphatic heterocycles. The first-order valence-electron chi connectivity index (χ1n) is 9.66. The molecule has 166 valence electrons. The Balaban J connectivity index is 0.00000341. The maximum absolute atomic E-state index is 6.20. The van der Waals surface area contributed by atoms with E-state index in [4.69, 9.17) is 37.4 Å². The van der Waals surface area contributed by atoms with Gasteiger partial charge in [0, 0.05) is 22.2 Å². The predicted molar refractivity (Wildman–Crippen MR) is 129 cm³/mol. The van der Waals surface area contributed by atoms with Crippen LogP contribution in [0.15, 0.2) is 60.7 Å². The number of benzene rings is 3. The molecule has 0 unspecified atom stereocenters.